The molecule has 2 amide bonds. The maximum atomic E-state index is 14.1. The van der Waals surface area contributed by atoms with E-state index in [0.29, 0.717) is 17.5 Å². The van der Waals surface area contributed by atoms with Crippen molar-refractivity contribution in [3.8, 4) is 0 Å². The summed E-state index contributed by atoms with van der Waals surface area (Å²) in [7, 11) is 1.52. The Morgan fingerprint density at radius 1 is 1.14 bits per heavy atom. The number of benzene rings is 3. The molecule has 2 heterocycles. The highest BCUT2D eigenvalue weighted by Gasteiger charge is 2.48. The highest BCUT2D eigenvalue weighted by atomic mass is 35.5. The summed E-state index contributed by atoms with van der Waals surface area (Å²) in [6.45, 7) is 0. The number of aliphatic hydroxyl groups is 1. The summed E-state index contributed by atoms with van der Waals surface area (Å²) in [6, 6.07) is 5.69. The number of nitrogens with one attached hydrogen (secondary N) is 2. The molecule has 37 heavy (non-hydrogen) atoms. The molecule has 0 saturated carbocycles. The molecule has 0 aliphatic carbocycles. The first-order chi connectivity index (χ1) is 17.3. The number of carbonyl (C=O) groups excluding carboxylic acids is 2. The number of hydrogen-bond acceptors (Lipinski definition) is 4. The van der Waals surface area contributed by atoms with E-state index in [0.717, 1.165) is 18.2 Å². The molecular weight excluding hydrogens is 523 g/mol. The van der Waals surface area contributed by atoms with Gasteiger partial charge in [-0.1, -0.05) is 11.6 Å². The van der Waals surface area contributed by atoms with E-state index in [4.69, 9.17) is 11.6 Å². The van der Waals surface area contributed by atoms with Crippen molar-refractivity contribution in [2.24, 2.45) is 7.05 Å². The minimum atomic E-state index is -4.92. The van der Waals surface area contributed by atoms with Crippen LogP contribution in [0.2, 0.25) is 5.02 Å². The normalized spacial score (nSPS) is 17.1. The predicted molar refractivity (Wildman–Crippen MR) is 122 cm³/mol. The molecule has 4 aromatic rings. The van der Waals surface area contributed by atoms with Gasteiger partial charge in [-0.3, -0.25) is 14.3 Å². The van der Waals surface area contributed by atoms with Crippen LogP contribution in [0.5, 0.6) is 0 Å². The zero-order valence-corrected chi connectivity index (χ0v) is 19.3. The molecule has 0 spiro atoms. The maximum Gasteiger partial charge on any atom is 0.416 e. The quantitative estimate of drug-likeness (QED) is 0.330. The number of aryl methyl sites for hydroxylation is 1. The lowest BCUT2D eigenvalue weighted by Gasteiger charge is -2.27. The number of hydrogen-bond donors (Lipinski definition) is 3. The Hall–Kier alpha value is -4.03. The third kappa shape index (κ3) is 3.98. The molecular formula is C24H14ClF5N4O3. The molecule has 1 aliphatic heterocycles. The van der Waals surface area contributed by atoms with Gasteiger partial charge < -0.3 is 15.7 Å². The van der Waals surface area contributed by atoms with Crippen molar-refractivity contribution in [3.63, 3.8) is 0 Å². The van der Waals surface area contributed by atoms with Crippen LogP contribution in [0.3, 0.4) is 0 Å². The highest BCUT2D eigenvalue weighted by Crippen LogP contribution is 2.45. The van der Waals surface area contributed by atoms with Crippen LogP contribution in [0.1, 0.15) is 37.4 Å². The molecule has 0 saturated heterocycles. The lowest BCUT2D eigenvalue weighted by Crippen LogP contribution is -2.41. The molecule has 190 valence electrons. The lowest BCUT2D eigenvalue weighted by molar-refractivity contribution is -0.137. The van der Waals surface area contributed by atoms with Crippen LogP contribution < -0.4 is 10.6 Å². The van der Waals surface area contributed by atoms with Gasteiger partial charge in [-0.2, -0.15) is 18.3 Å². The summed E-state index contributed by atoms with van der Waals surface area (Å²) in [5.74, 6) is -4.06. The number of carbonyl (C=O) groups is 2. The Labute approximate surface area is 209 Å². The first kappa shape index (κ1) is 24.7. The van der Waals surface area contributed by atoms with Crippen LogP contribution in [0.25, 0.3) is 10.9 Å². The zero-order valence-electron chi connectivity index (χ0n) is 18.5. The van der Waals surface area contributed by atoms with Gasteiger partial charge in [0.05, 0.1) is 28.5 Å². The molecule has 1 unspecified atom stereocenters. The summed E-state index contributed by atoms with van der Waals surface area (Å²) in [5.41, 5.74) is -5.12. The fraction of sp³-hybridized carbons (Fsp3) is 0.125. The van der Waals surface area contributed by atoms with Crippen molar-refractivity contribution in [2.45, 2.75) is 11.9 Å². The van der Waals surface area contributed by atoms with Gasteiger partial charge >= 0.3 is 6.18 Å². The van der Waals surface area contributed by atoms with Gasteiger partial charge in [0, 0.05) is 34.1 Å². The Morgan fingerprint density at radius 3 is 2.57 bits per heavy atom. The van der Waals surface area contributed by atoms with E-state index in [-0.39, 0.29) is 39.0 Å². The van der Waals surface area contributed by atoms with Crippen LogP contribution in [0.4, 0.5) is 27.6 Å². The summed E-state index contributed by atoms with van der Waals surface area (Å²) >= 11 is 6.21. The number of anilines is 1. The summed E-state index contributed by atoms with van der Waals surface area (Å²) < 4.78 is 68.9. The number of nitrogens with zero attached hydrogens (tertiary/aromatic N) is 2. The Bertz CT molecular complexity index is 1640. The minimum absolute atomic E-state index is 0.126. The fourth-order valence-corrected chi connectivity index (χ4v) is 4.64. The van der Waals surface area contributed by atoms with Gasteiger partial charge in [0.25, 0.3) is 11.8 Å². The van der Waals surface area contributed by atoms with Crippen LogP contribution in [0, 0.1) is 11.6 Å². The summed E-state index contributed by atoms with van der Waals surface area (Å²) in [5, 5.41) is 20.6. The molecule has 0 bridgehead atoms. The van der Waals surface area contributed by atoms with Gasteiger partial charge in [-0.05, 0) is 42.5 Å². The van der Waals surface area contributed by atoms with Crippen molar-refractivity contribution >= 4 is 40.0 Å². The van der Waals surface area contributed by atoms with E-state index >= 15 is 0 Å². The maximum absolute atomic E-state index is 14.1. The molecule has 7 nitrogen and oxygen atoms in total. The number of rotatable bonds is 3. The molecule has 1 aromatic heterocycles. The van der Waals surface area contributed by atoms with Crippen LogP contribution >= 0.6 is 11.6 Å². The largest absolute Gasteiger partial charge is 0.416 e. The Kier molecular flexibility index (Phi) is 5.50. The van der Waals surface area contributed by atoms with E-state index in [2.05, 4.69) is 15.7 Å². The van der Waals surface area contributed by atoms with E-state index < -0.39 is 46.5 Å². The van der Waals surface area contributed by atoms with Crippen molar-refractivity contribution in [2.75, 3.05) is 5.32 Å². The van der Waals surface area contributed by atoms with Crippen LogP contribution in [0.15, 0.2) is 48.7 Å². The molecule has 13 heteroatoms. The Balaban J connectivity index is 1.72. The third-order valence-electron chi connectivity index (χ3n) is 5.96. The smallest absolute Gasteiger partial charge is 0.363 e. The van der Waals surface area contributed by atoms with E-state index in [1.165, 1.54) is 24.0 Å². The van der Waals surface area contributed by atoms with Crippen molar-refractivity contribution in [1.29, 1.82) is 0 Å². The molecule has 0 radical (unpaired) electrons. The first-order valence-electron chi connectivity index (χ1n) is 10.5. The number of amides is 2. The average molecular weight is 537 g/mol. The second-order valence-corrected chi connectivity index (χ2v) is 8.76. The van der Waals surface area contributed by atoms with E-state index in [1.54, 1.807) is 0 Å². The number of alkyl halides is 3. The standard InChI is InChI=1S/C24H14ClF5N4O3/c1-34-20-11(9-31-34)6-17(32-21(35)10-4-12(24(28,29)30)7-14(27)5-10)19-18(20)22(36)33-23(19,37)15-8-13(26)2-3-16(15)25/h2-9,37H,1H3,(H,32,35)(H,33,36). The van der Waals surface area contributed by atoms with Gasteiger partial charge in [0.15, 0.2) is 5.72 Å². The second kappa shape index (κ2) is 8.25. The minimum Gasteiger partial charge on any atom is -0.363 e. The van der Waals surface area contributed by atoms with Gasteiger partial charge in [0.2, 0.25) is 0 Å². The first-order valence-corrected chi connectivity index (χ1v) is 10.9. The van der Waals surface area contributed by atoms with Gasteiger partial charge in [-0.15, -0.1) is 0 Å². The van der Waals surface area contributed by atoms with Crippen LogP contribution in [-0.2, 0) is 18.9 Å². The average Bonchev–Trinajstić information content (AvgIpc) is 3.31. The van der Waals surface area contributed by atoms with E-state index in [9.17, 15) is 36.6 Å². The fourth-order valence-electron chi connectivity index (χ4n) is 4.39. The predicted octanol–water partition coefficient (Wildman–Crippen LogP) is 4.71. The molecule has 3 N–H and O–H groups in total. The van der Waals surface area contributed by atoms with Crippen molar-refractivity contribution < 1.29 is 36.6 Å². The topological polar surface area (TPSA) is 96.2 Å². The Morgan fingerprint density at radius 2 is 1.86 bits per heavy atom. The summed E-state index contributed by atoms with van der Waals surface area (Å²) in [6.07, 6.45) is -3.56. The van der Waals surface area contributed by atoms with Crippen molar-refractivity contribution in [1.82, 2.24) is 15.1 Å². The molecule has 3 aromatic carbocycles. The molecule has 5 rings (SSSR count). The zero-order chi connectivity index (χ0) is 26.9. The monoisotopic (exact) mass is 536 g/mol. The second-order valence-electron chi connectivity index (χ2n) is 8.35. The highest BCUT2D eigenvalue weighted by molar-refractivity contribution is 6.31. The van der Waals surface area contributed by atoms with Gasteiger partial charge in [-0.25, -0.2) is 8.78 Å². The third-order valence-corrected chi connectivity index (χ3v) is 6.29. The molecule has 1 atom stereocenters. The van der Waals surface area contributed by atoms with E-state index in [1.807, 2.05) is 0 Å². The number of aromatic nitrogens is 2. The molecule has 1 aliphatic rings. The number of fused-ring (bicyclic) bond motifs is 3. The summed E-state index contributed by atoms with van der Waals surface area (Å²) in [4.78, 5) is 26.1. The SMILES string of the molecule is Cn1ncc2cc(NC(=O)c3cc(F)cc(C(F)(F)F)c3)c3c(c21)C(=O)NC3(O)c1cc(F)ccc1Cl. The van der Waals surface area contributed by atoms with Gasteiger partial charge in [0.1, 0.15) is 11.6 Å². The van der Waals surface area contributed by atoms with Crippen LogP contribution in [-0.4, -0.2) is 26.7 Å². The van der Waals surface area contributed by atoms with Crippen molar-refractivity contribution in [3.05, 3.63) is 93.1 Å². The lowest BCUT2D eigenvalue weighted by atomic mass is 9.91. The number of halogens is 6. The molecule has 0 fully saturated rings.